The molecule has 2 heterocycles. The van der Waals surface area contributed by atoms with Crippen LogP contribution in [-0.2, 0) is 16.1 Å². The predicted octanol–water partition coefficient (Wildman–Crippen LogP) is 4.50. The van der Waals surface area contributed by atoms with Gasteiger partial charge in [-0.25, -0.2) is 10.4 Å². The number of hydrogen-bond donors (Lipinski definition) is 1. The number of carbonyl (C=O) groups is 1. The number of halogens is 2. The summed E-state index contributed by atoms with van der Waals surface area (Å²) in [6.45, 7) is 1.60. The number of nitrogens with zero attached hydrogens (tertiary/aromatic N) is 3. The molecule has 1 amide bonds. The van der Waals surface area contributed by atoms with E-state index in [0.29, 0.717) is 38.4 Å². The van der Waals surface area contributed by atoms with Crippen LogP contribution in [0.3, 0.4) is 0 Å². The van der Waals surface area contributed by atoms with Crippen LogP contribution in [0.2, 0.25) is 10.0 Å². The Hall–Kier alpha value is -3.38. The Morgan fingerprint density at radius 1 is 1.34 bits per heavy atom. The van der Waals surface area contributed by atoms with Crippen LogP contribution in [0.15, 0.2) is 45.9 Å². The summed E-state index contributed by atoms with van der Waals surface area (Å²) in [5, 5.41) is 14.0. The van der Waals surface area contributed by atoms with Gasteiger partial charge in [0.25, 0.3) is 5.91 Å². The topological polar surface area (TPSA) is 110 Å². The first-order valence-corrected chi connectivity index (χ1v) is 10.1. The summed E-state index contributed by atoms with van der Waals surface area (Å²) in [7, 11) is 1.52. The lowest BCUT2D eigenvalue weighted by Crippen LogP contribution is -2.25. The molecule has 0 radical (unpaired) electrons. The van der Waals surface area contributed by atoms with E-state index in [0.717, 1.165) is 0 Å². The van der Waals surface area contributed by atoms with Gasteiger partial charge in [-0.05, 0) is 37.3 Å². The third-order valence-electron chi connectivity index (χ3n) is 4.17. The molecule has 10 heteroatoms. The Morgan fingerprint density at radius 3 is 2.91 bits per heavy atom. The van der Waals surface area contributed by atoms with Gasteiger partial charge in [-0.1, -0.05) is 29.3 Å². The van der Waals surface area contributed by atoms with Crippen molar-refractivity contribution < 1.29 is 18.7 Å². The van der Waals surface area contributed by atoms with Crippen molar-refractivity contribution in [3.8, 4) is 23.3 Å². The molecule has 32 heavy (non-hydrogen) atoms. The molecule has 0 fully saturated rings. The number of nitrogens with one attached hydrogen (secondary N) is 1. The van der Waals surface area contributed by atoms with Crippen LogP contribution in [-0.4, -0.2) is 30.8 Å². The average Bonchev–Trinajstić information content (AvgIpc) is 3.23. The summed E-state index contributed by atoms with van der Waals surface area (Å²) in [6.07, 6.45) is 1.34. The largest absolute Gasteiger partial charge is 0.467 e. The minimum Gasteiger partial charge on any atom is -0.467 e. The minimum absolute atomic E-state index is 0.0627. The smallest absolute Gasteiger partial charge is 0.278 e. The van der Waals surface area contributed by atoms with E-state index in [-0.39, 0.29) is 24.7 Å². The molecular formula is C22H18Cl2N4O4. The summed E-state index contributed by atoms with van der Waals surface area (Å²) in [5.41, 5.74) is 4.45. The molecule has 8 nitrogen and oxygen atoms in total. The second-order valence-corrected chi connectivity index (χ2v) is 7.32. The SMILES string of the molecule is COCc1cc(C)nc(OCC(=O)N/N=C\c2ccc(-c3cccc(Cl)c3Cl)o2)c1C#N. The molecule has 2 aromatic heterocycles. The Kier molecular flexibility index (Phi) is 7.84. The van der Waals surface area contributed by atoms with Crippen molar-refractivity contribution in [2.45, 2.75) is 13.5 Å². The van der Waals surface area contributed by atoms with Gasteiger partial charge in [0.1, 0.15) is 23.2 Å². The van der Waals surface area contributed by atoms with Crippen LogP contribution in [0.4, 0.5) is 0 Å². The van der Waals surface area contributed by atoms with Crippen LogP contribution in [0.25, 0.3) is 11.3 Å². The van der Waals surface area contributed by atoms with E-state index in [1.807, 2.05) is 6.07 Å². The maximum Gasteiger partial charge on any atom is 0.278 e. The Morgan fingerprint density at radius 2 is 2.16 bits per heavy atom. The maximum absolute atomic E-state index is 12.1. The zero-order chi connectivity index (χ0) is 23.1. The number of carbonyl (C=O) groups excluding carboxylic acids is 1. The third-order valence-corrected chi connectivity index (χ3v) is 4.99. The number of nitriles is 1. The van der Waals surface area contributed by atoms with Crippen LogP contribution >= 0.6 is 23.2 Å². The first-order chi connectivity index (χ1) is 15.4. The predicted molar refractivity (Wildman–Crippen MR) is 120 cm³/mol. The number of aryl methyl sites for hydroxylation is 1. The van der Waals surface area contributed by atoms with Gasteiger partial charge in [0.15, 0.2) is 6.61 Å². The Labute approximate surface area is 194 Å². The van der Waals surface area contributed by atoms with E-state index in [4.69, 9.17) is 37.1 Å². The number of pyridine rings is 1. The van der Waals surface area contributed by atoms with Gasteiger partial charge in [-0.15, -0.1) is 0 Å². The number of methoxy groups -OCH3 is 1. The minimum atomic E-state index is -0.536. The number of ether oxygens (including phenoxy) is 2. The van der Waals surface area contributed by atoms with Crippen LogP contribution in [0, 0.1) is 18.3 Å². The lowest BCUT2D eigenvalue weighted by molar-refractivity contribution is -0.123. The molecule has 1 N–H and O–H groups in total. The van der Waals surface area contributed by atoms with Gasteiger partial charge in [0, 0.05) is 23.9 Å². The van der Waals surface area contributed by atoms with Gasteiger partial charge >= 0.3 is 0 Å². The molecule has 0 unspecified atom stereocenters. The summed E-state index contributed by atoms with van der Waals surface area (Å²) < 4.78 is 16.2. The van der Waals surface area contributed by atoms with Crippen LogP contribution in [0.1, 0.15) is 22.6 Å². The van der Waals surface area contributed by atoms with Crippen molar-refractivity contribution >= 4 is 35.3 Å². The van der Waals surface area contributed by atoms with E-state index < -0.39 is 5.91 Å². The molecule has 3 aromatic rings. The molecule has 0 spiro atoms. The molecular weight excluding hydrogens is 455 g/mol. The highest BCUT2D eigenvalue weighted by molar-refractivity contribution is 6.43. The van der Waals surface area contributed by atoms with Crippen molar-refractivity contribution in [1.29, 1.82) is 5.26 Å². The Bertz CT molecular complexity index is 1200. The monoisotopic (exact) mass is 472 g/mol. The maximum atomic E-state index is 12.1. The quantitative estimate of drug-likeness (QED) is 0.381. The first kappa shape index (κ1) is 23.3. The number of rotatable bonds is 8. The van der Waals surface area contributed by atoms with E-state index >= 15 is 0 Å². The fourth-order valence-corrected chi connectivity index (χ4v) is 3.19. The molecule has 0 aliphatic rings. The van der Waals surface area contributed by atoms with Crippen molar-refractivity contribution in [3.05, 3.63) is 69.0 Å². The average molecular weight is 473 g/mol. The van der Waals surface area contributed by atoms with Crippen LogP contribution in [0.5, 0.6) is 5.88 Å². The van der Waals surface area contributed by atoms with Crippen LogP contribution < -0.4 is 10.2 Å². The first-order valence-electron chi connectivity index (χ1n) is 9.31. The molecule has 0 atom stereocenters. The molecule has 1 aromatic carbocycles. The summed E-state index contributed by atoms with van der Waals surface area (Å²) >= 11 is 12.2. The van der Waals surface area contributed by atoms with Crippen molar-refractivity contribution in [1.82, 2.24) is 10.4 Å². The van der Waals surface area contributed by atoms with Gasteiger partial charge < -0.3 is 13.9 Å². The highest BCUT2D eigenvalue weighted by Crippen LogP contribution is 2.34. The highest BCUT2D eigenvalue weighted by Gasteiger charge is 2.14. The highest BCUT2D eigenvalue weighted by atomic mass is 35.5. The van der Waals surface area contributed by atoms with Crippen molar-refractivity contribution in [3.63, 3.8) is 0 Å². The van der Waals surface area contributed by atoms with Gasteiger partial charge in [0.05, 0.1) is 22.9 Å². The molecule has 0 aliphatic carbocycles. The number of hydrogen-bond acceptors (Lipinski definition) is 7. The van der Waals surface area contributed by atoms with Gasteiger partial charge in [-0.2, -0.15) is 10.4 Å². The Balaban J connectivity index is 1.60. The zero-order valence-electron chi connectivity index (χ0n) is 17.2. The van der Waals surface area contributed by atoms with Gasteiger partial charge in [0.2, 0.25) is 5.88 Å². The molecule has 0 saturated carbocycles. The molecule has 164 valence electrons. The molecule has 0 saturated heterocycles. The van der Waals surface area contributed by atoms with Crippen molar-refractivity contribution in [2.24, 2.45) is 5.10 Å². The third kappa shape index (κ3) is 5.65. The molecule has 3 rings (SSSR count). The number of amides is 1. The van der Waals surface area contributed by atoms with E-state index in [9.17, 15) is 10.1 Å². The van der Waals surface area contributed by atoms with E-state index in [2.05, 4.69) is 15.5 Å². The fraction of sp³-hybridized carbons (Fsp3) is 0.182. The van der Waals surface area contributed by atoms with Gasteiger partial charge in [-0.3, -0.25) is 4.79 Å². The molecule has 0 bridgehead atoms. The zero-order valence-corrected chi connectivity index (χ0v) is 18.7. The van der Waals surface area contributed by atoms with E-state index in [1.165, 1.54) is 13.3 Å². The number of furan rings is 1. The second kappa shape index (κ2) is 10.8. The van der Waals surface area contributed by atoms with E-state index in [1.54, 1.807) is 43.3 Å². The summed E-state index contributed by atoms with van der Waals surface area (Å²) in [6, 6.07) is 12.4. The summed E-state index contributed by atoms with van der Waals surface area (Å²) in [5.74, 6) is 0.433. The standard InChI is InChI=1S/C22H18Cl2N4O4/c1-13-8-14(11-30-2)17(9-25)22(27-13)31-12-20(29)28-26-10-15-6-7-19(32-15)16-4-3-5-18(23)21(16)24/h3-8,10H,11-12H2,1-2H3,(H,28,29)/b26-10-. The normalized spacial score (nSPS) is 10.8. The number of hydrazone groups is 1. The fourth-order valence-electron chi connectivity index (χ4n) is 2.80. The lowest BCUT2D eigenvalue weighted by atomic mass is 10.1. The number of benzene rings is 1. The number of aromatic nitrogens is 1. The second-order valence-electron chi connectivity index (χ2n) is 6.53. The molecule has 0 aliphatic heterocycles. The lowest BCUT2D eigenvalue weighted by Gasteiger charge is -2.10. The van der Waals surface area contributed by atoms with Crippen molar-refractivity contribution in [2.75, 3.05) is 13.7 Å². The summed E-state index contributed by atoms with van der Waals surface area (Å²) in [4.78, 5) is 16.2.